The molecule has 2 aromatic rings. The van der Waals surface area contributed by atoms with Gasteiger partial charge in [-0.1, -0.05) is 12.1 Å². The van der Waals surface area contributed by atoms with Crippen LogP contribution in [0.25, 0.3) is 11.3 Å². The molecule has 1 saturated heterocycles. The summed E-state index contributed by atoms with van der Waals surface area (Å²) in [7, 11) is 1.60. The summed E-state index contributed by atoms with van der Waals surface area (Å²) in [4.78, 5) is 26.3. The zero-order valence-electron chi connectivity index (χ0n) is 14.0. The first-order chi connectivity index (χ1) is 12.2. The molecule has 0 radical (unpaired) electrons. The molecule has 0 bridgehead atoms. The average molecular weight is 340 g/mol. The molecule has 1 aromatic carbocycles. The fraction of sp³-hybridized carbons (Fsp3) is 0.389. The van der Waals surface area contributed by atoms with Gasteiger partial charge in [-0.05, 0) is 31.0 Å². The van der Waals surface area contributed by atoms with Crippen molar-refractivity contribution in [1.82, 2.24) is 20.4 Å². The maximum atomic E-state index is 12.5. The Labute approximate surface area is 145 Å². The second-order valence-corrected chi connectivity index (χ2v) is 6.52. The van der Waals surface area contributed by atoms with Crippen molar-refractivity contribution in [3.05, 3.63) is 36.0 Å². The summed E-state index contributed by atoms with van der Waals surface area (Å²) in [5.74, 6) is 0.582. The number of carbonyl (C=O) groups excluding carboxylic acids is 2. The lowest BCUT2D eigenvalue weighted by Crippen LogP contribution is -2.37. The first-order valence-corrected chi connectivity index (χ1v) is 8.45. The second-order valence-electron chi connectivity index (χ2n) is 6.52. The van der Waals surface area contributed by atoms with Gasteiger partial charge >= 0.3 is 0 Å². The standard InChI is InChI=1S/C18H20N4O3/c1-25-16-5-3-2-4-13(16)14-9-15(21-20-14)18(24)19-11-8-17(23)22(10-11)12-6-7-12/h2-5,9,11-12H,6-8,10H2,1H3,(H,19,24)(H,20,21). The number of nitrogens with one attached hydrogen (secondary N) is 2. The van der Waals surface area contributed by atoms with Gasteiger partial charge in [0.05, 0.1) is 18.8 Å². The van der Waals surface area contributed by atoms with Gasteiger partial charge in [0.15, 0.2) is 0 Å². The van der Waals surface area contributed by atoms with Crippen LogP contribution in [0.4, 0.5) is 0 Å². The predicted octanol–water partition coefficient (Wildman–Crippen LogP) is 1.58. The Balaban J connectivity index is 1.45. The highest BCUT2D eigenvalue weighted by Crippen LogP contribution is 2.31. The molecule has 0 spiro atoms. The summed E-state index contributed by atoms with van der Waals surface area (Å²) in [6.07, 6.45) is 2.53. The number of aromatic amines is 1. The second kappa shape index (κ2) is 6.23. The number of benzene rings is 1. The summed E-state index contributed by atoms with van der Waals surface area (Å²) in [5.41, 5.74) is 1.83. The van der Waals surface area contributed by atoms with Crippen LogP contribution in [0.2, 0.25) is 0 Å². The third-order valence-electron chi connectivity index (χ3n) is 4.69. The number of rotatable bonds is 5. The molecule has 2 N–H and O–H groups in total. The maximum Gasteiger partial charge on any atom is 0.269 e. The quantitative estimate of drug-likeness (QED) is 0.865. The van der Waals surface area contributed by atoms with Crippen LogP contribution in [-0.2, 0) is 4.79 Å². The summed E-state index contributed by atoms with van der Waals surface area (Å²) in [5, 5.41) is 9.91. The van der Waals surface area contributed by atoms with Crippen molar-refractivity contribution in [2.24, 2.45) is 0 Å². The van der Waals surface area contributed by atoms with Crippen molar-refractivity contribution in [1.29, 1.82) is 0 Å². The average Bonchev–Trinajstić information content (AvgIpc) is 3.22. The molecule has 1 aromatic heterocycles. The largest absolute Gasteiger partial charge is 0.496 e. The normalized spacial score (nSPS) is 20.0. The molecule has 25 heavy (non-hydrogen) atoms. The minimum Gasteiger partial charge on any atom is -0.496 e. The summed E-state index contributed by atoms with van der Waals surface area (Å²) >= 11 is 0. The zero-order valence-corrected chi connectivity index (χ0v) is 14.0. The van der Waals surface area contributed by atoms with Gasteiger partial charge in [0.25, 0.3) is 5.91 Å². The Morgan fingerprint density at radius 2 is 2.16 bits per heavy atom. The van der Waals surface area contributed by atoms with Crippen molar-refractivity contribution in [2.45, 2.75) is 31.3 Å². The maximum absolute atomic E-state index is 12.5. The Morgan fingerprint density at radius 1 is 1.36 bits per heavy atom. The van der Waals surface area contributed by atoms with E-state index in [-0.39, 0.29) is 17.9 Å². The van der Waals surface area contributed by atoms with Crippen molar-refractivity contribution in [3.63, 3.8) is 0 Å². The molecular weight excluding hydrogens is 320 g/mol. The number of hydrogen-bond acceptors (Lipinski definition) is 4. The molecule has 1 unspecified atom stereocenters. The molecule has 1 aliphatic carbocycles. The van der Waals surface area contributed by atoms with E-state index in [1.54, 1.807) is 13.2 Å². The molecule has 4 rings (SSSR count). The minimum atomic E-state index is -0.246. The van der Waals surface area contributed by atoms with Crippen LogP contribution in [0.5, 0.6) is 5.75 Å². The van der Waals surface area contributed by atoms with Crippen molar-refractivity contribution < 1.29 is 14.3 Å². The summed E-state index contributed by atoms with van der Waals surface area (Å²) < 4.78 is 5.33. The number of ether oxygens (including phenoxy) is 1. The van der Waals surface area contributed by atoms with Gasteiger partial charge in [-0.25, -0.2) is 0 Å². The third kappa shape index (κ3) is 3.09. The number of carbonyl (C=O) groups is 2. The molecule has 7 nitrogen and oxygen atoms in total. The van der Waals surface area contributed by atoms with Gasteiger partial charge in [0.1, 0.15) is 11.4 Å². The number of H-pyrrole nitrogens is 1. The smallest absolute Gasteiger partial charge is 0.269 e. The molecule has 2 amide bonds. The van der Waals surface area contributed by atoms with Crippen molar-refractivity contribution >= 4 is 11.8 Å². The fourth-order valence-corrected chi connectivity index (χ4v) is 3.26. The monoisotopic (exact) mass is 340 g/mol. The van der Waals surface area contributed by atoms with E-state index in [2.05, 4.69) is 15.5 Å². The number of hydrogen-bond donors (Lipinski definition) is 2. The van der Waals surface area contributed by atoms with Crippen molar-refractivity contribution in [2.75, 3.05) is 13.7 Å². The van der Waals surface area contributed by atoms with Crippen LogP contribution in [-0.4, -0.2) is 52.6 Å². The lowest BCUT2D eigenvalue weighted by Gasteiger charge is -2.15. The van der Waals surface area contributed by atoms with E-state index in [0.29, 0.717) is 36.1 Å². The summed E-state index contributed by atoms with van der Waals surface area (Å²) in [6, 6.07) is 9.45. The number of amides is 2. The molecule has 130 valence electrons. The zero-order chi connectivity index (χ0) is 17.4. The van der Waals surface area contributed by atoms with E-state index in [4.69, 9.17) is 4.74 Å². The number of methoxy groups -OCH3 is 1. The highest BCUT2D eigenvalue weighted by molar-refractivity contribution is 5.94. The van der Waals surface area contributed by atoms with E-state index in [0.717, 1.165) is 18.4 Å². The van der Waals surface area contributed by atoms with E-state index in [1.165, 1.54) is 0 Å². The van der Waals surface area contributed by atoms with Crippen LogP contribution >= 0.6 is 0 Å². The van der Waals surface area contributed by atoms with Crippen LogP contribution in [0.1, 0.15) is 29.8 Å². The van der Waals surface area contributed by atoms with Gasteiger partial charge in [0.2, 0.25) is 5.91 Å². The Hall–Kier alpha value is -2.83. The number of aromatic nitrogens is 2. The van der Waals surface area contributed by atoms with E-state index in [9.17, 15) is 9.59 Å². The molecular formula is C18H20N4O3. The lowest BCUT2D eigenvalue weighted by molar-refractivity contribution is -0.128. The highest BCUT2D eigenvalue weighted by Gasteiger charge is 2.39. The van der Waals surface area contributed by atoms with Crippen LogP contribution in [0.15, 0.2) is 30.3 Å². The molecule has 2 aliphatic rings. The van der Waals surface area contributed by atoms with E-state index < -0.39 is 0 Å². The number of likely N-dealkylation sites (tertiary alicyclic amines) is 1. The first kappa shape index (κ1) is 15.7. The molecule has 2 fully saturated rings. The number of nitrogens with zero attached hydrogens (tertiary/aromatic N) is 2. The van der Waals surface area contributed by atoms with Gasteiger partial charge in [-0.2, -0.15) is 5.10 Å². The van der Waals surface area contributed by atoms with Gasteiger partial charge < -0.3 is 15.0 Å². The number of para-hydroxylation sites is 1. The van der Waals surface area contributed by atoms with Gasteiger partial charge in [0, 0.05) is 24.6 Å². The Bertz CT molecular complexity index is 812. The molecule has 1 saturated carbocycles. The fourth-order valence-electron chi connectivity index (χ4n) is 3.26. The van der Waals surface area contributed by atoms with E-state index >= 15 is 0 Å². The predicted molar refractivity (Wildman–Crippen MR) is 91.2 cm³/mol. The van der Waals surface area contributed by atoms with Crippen LogP contribution in [0, 0.1) is 0 Å². The highest BCUT2D eigenvalue weighted by atomic mass is 16.5. The van der Waals surface area contributed by atoms with E-state index in [1.807, 2.05) is 29.2 Å². The molecule has 1 atom stereocenters. The topological polar surface area (TPSA) is 87.3 Å². The summed E-state index contributed by atoms with van der Waals surface area (Å²) in [6.45, 7) is 0.600. The first-order valence-electron chi connectivity index (χ1n) is 8.45. The molecule has 7 heteroatoms. The Kier molecular flexibility index (Phi) is 3.91. The van der Waals surface area contributed by atoms with Gasteiger partial charge in [-0.15, -0.1) is 0 Å². The van der Waals surface area contributed by atoms with Crippen molar-refractivity contribution in [3.8, 4) is 17.0 Å². The minimum absolute atomic E-state index is 0.132. The molecule has 1 aliphatic heterocycles. The SMILES string of the molecule is COc1ccccc1-c1cc(C(=O)NC2CC(=O)N(C3CC3)C2)[nH]n1. The van der Waals surface area contributed by atoms with Crippen LogP contribution < -0.4 is 10.1 Å². The van der Waals surface area contributed by atoms with Gasteiger partial charge in [-0.3, -0.25) is 14.7 Å². The van der Waals surface area contributed by atoms with Crippen LogP contribution in [0.3, 0.4) is 0 Å². The Morgan fingerprint density at radius 3 is 2.92 bits per heavy atom. The third-order valence-corrected chi connectivity index (χ3v) is 4.69. The lowest BCUT2D eigenvalue weighted by atomic mass is 10.1. The molecule has 2 heterocycles.